The summed E-state index contributed by atoms with van der Waals surface area (Å²) in [5.41, 5.74) is 7.23. The molecule has 0 spiro atoms. The fourth-order valence-electron chi connectivity index (χ4n) is 4.06. The number of methoxy groups -OCH3 is 1. The fraction of sp³-hybridized carbons (Fsp3) is 0.346. The van der Waals surface area contributed by atoms with Crippen LogP contribution < -0.4 is 30.7 Å². The molecule has 0 saturated carbocycles. The van der Waals surface area contributed by atoms with Crippen LogP contribution in [0.15, 0.2) is 41.4 Å². The number of aromatic nitrogens is 2. The first-order valence-corrected chi connectivity index (χ1v) is 12.4. The van der Waals surface area contributed by atoms with Crippen molar-refractivity contribution in [2.45, 2.75) is 25.9 Å². The second kappa shape index (κ2) is 12.5. The summed E-state index contributed by atoms with van der Waals surface area (Å²) in [5, 5.41) is 22.6. The van der Waals surface area contributed by atoms with E-state index in [-0.39, 0.29) is 24.6 Å². The number of nitrogens with one attached hydrogen (secondary N) is 3. The molecule has 1 aliphatic rings. The number of amides is 1. The number of aromatic amines is 1. The van der Waals surface area contributed by atoms with Crippen molar-refractivity contribution in [3.05, 3.63) is 59.3 Å². The van der Waals surface area contributed by atoms with E-state index in [1.54, 1.807) is 30.0 Å². The molecule has 39 heavy (non-hydrogen) atoms. The summed E-state index contributed by atoms with van der Waals surface area (Å²) in [6.45, 7) is 3.44. The zero-order valence-corrected chi connectivity index (χ0v) is 21.6. The minimum atomic E-state index is -0.733. The van der Waals surface area contributed by atoms with Crippen molar-refractivity contribution in [1.82, 2.24) is 15.5 Å². The van der Waals surface area contributed by atoms with Crippen molar-refractivity contribution in [2.75, 3.05) is 43.7 Å². The monoisotopic (exact) mass is 543 g/mol. The Morgan fingerprint density at radius 3 is 2.69 bits per heavy atom. The number of nitrogens with zero attached hydrogens (tertiary/aromatic N) is 3. The zero-order chi connectivity index (χ0) is 27.9. The number of halogens is 2. The third-order valence-electron chi connectivity index (χ3n) is 5.78. The van der Waals surface area contributed by atoms with Gasteiger partial charge in [-0.05, 0) is 38.1 Å². The normalized spacial score (nSPS) is 14.6. The van der Waals surface area contributed by atoms with Crippen LogP contribution in [-0.4, -0.2) is 66.6 Å². The number of fused-ring (bicyclic) bond motifs is 1. The van der Waals surface area contributed by atoms with Crippen LogP contribution >= 0.6 is 0 Å². The lowest BCUT2D eigenvalue weighted by atomic mass is 10.1. The molecule has 0 unspecified atom stereocenters. The molecular formula is C26H31F2N7O4. The van der Waals surface area contributed by atoms with Crippen molar-refractivity contribution < 1.29 is 28.2 Å². The Labute approximate surface area is 224 Å². The maximum absolute atomic E-state index is 14.1. The average molecular weight is 544 g/mol. The average Bonchev–Trinajstić information content (AvgIpc) is 3.31. The van der Waals surface area contributed by atoms with Gasteiger partial charge in [0.25, 0.3) is 0 Å². The van der Waals surface area contributed by atoms with E-state index < -0.39 is 23.6 Å². The van der Waals surface area contributed by atoms with Crippen molar-refractivity contribution in [3.63, 3.8) is 0 Å². The first kappa shape index (κ1) is 27.8. The number of nitrogens with two attached hydrogens (primary N) is 1. The standard InChI is InChI=1S/C26H31F2N7O4/c1-15(36)13-30-4-3-5-39-23-12-21-20(11-22(23)38-2)26(32-25-10-18(33-34-25)9-24(29)37)35(14-31-21)19-7-16(27)6-17(28)8-19/h6-8,10-12,15,30-31,36H,3-5,9,13-14H2,1-2H3,(H2,29,37)(H,33,34)/t15-/m1/s1. The van der Waals surface area contributed by atoms with Crippen LogP contribution in [0.2, 0.25) is 0 Å². The molecule has 13 heteroatoms. The molecule has 0 aliphatic carbocycles. The molecule has 1 amide bonds. The minimum absolute atomic E-state index is 0.0438. The van der Waals surface area contributed by atoms with Crippen molar-refractivity contribution in [1.29, 1.82) is 0 Å². The summed E-state index contributed by atoms with van der Waals surface area (Å²) in [6.07, 6.45) is 0.240. The first-order chi connectivity index (χ1) is 18.7. The Morgan fingerprint density at radius 2 is 2.00 bits per heavy atom. The number of rotatable bonds is 12. The lowest BCUT2D eigenvalue weighted by molar-refractivity contribution is -0.117. The molecule has 1 aliphatic heterocycles. The molecule has 2 heterocycles. The summed E-state index contributed by atoms with van der Waals surface area (Å²) in [7, 11) is 1.51. The molecule has 3 aromatic rings. The first-order valence-electron chi connectivity index (χ1n) is 12.4. The van der Waals surface area contributed by atoms with Crippen LogP contribution in [0.25, 0.3) is 0 Å². The summed E-state index contributed by atoms with van der Waals surface area (Å²) in [4.78, 5) is 17.6. The Balaban J connectivity index is 1.67. The number of primary amides is 1. The topological polar surface area (TPSA) is 150 Å². The van der Waals surface area contributed by atoms with E-state index in [1.165, 1.54) is 19.2 Å². The number of hydrogen-bond donors (Lipinski definition) is 5. The number of amidine groups is 1. The van der Waals surface area contributed by atoms with Gasteiger partial charge < -0.3 is 35.8 Å². The van der Waals surface area contributed by atoms with Crippen LogP contribution in [0.4, 0.5) is 26.0 Å². The highest BCUT2D eigenvalue weighted by Gasteiger charge is 2.27. The SMILES string of the molecule is COc1cc2c(cc1OCCCNC[C@@H](C)O)NCN(c1cc(F)cc(F)c1)C2=Nc1cc(CC(N)=O)[nH]n1. The number of benzene rings is 2. The van der Waals surface area contributed by atoms with Gasteiger partial charge >= 0.3 is 0 Å². The Bertz CT molecular complexity index is 1330. The van der Waals surface area contributed by atoms with E-state index in [9.17, 15) is 18.7 Å². The van der Waals surface area contributed by atoms with Crippen LogP contribution in [0.1, 0.15) is 24.6 Å². The minimum Gasteiger partial charge on any atom is -0.493 e. The third-order valence-corrected chi connectivity index (χ3v) is 5.78. The van der Waals surface area contributed by atoms with Crippen LogP contribution in [-0.2, 0) is 11.2 Å². The molecule has 208 valence electrons. The molecule has 1 aromatic heterocycles. The maximum atomic E-state index is 14.1. The molecule has 0 radical (unpaired) electrons. The number of carbonyl (C=O) groups is 1. The highest BCUT2D eigenvalue weighted by molar-refractivity contribution is 6.16. The van der Waals surface area contributed by atoms with Crippen molar-refractivity contribution >= 4 is 28.9 Å². The molecule has 0 saturated heterocycles. The highest BCUT2D eigenvalue weighted by Crippen LogP contribution is 2.38. The molecule has 11 nitrogen and oxygen atoms in total. The van der Waals surface area contributed by atoms with Gasteiger partial charge in [-0.15, -0.1) is 0 Å². The van der Waals surface area contributed by atoms with E-state index in [0.717, 1.165) is 6.07 Å². The van der Waals surface area contributed by atoms with Gasteiger partial charge in [-0.1, -0.05) is 0 Å². The predicted octanol–water partition coefficient (Wildman–Crippen LogP) is 2.43. The van der Waals surface area contributed by atoms with Gasteiger partial charge in [-0.3, -0.25) is 9.89 Å². The zero-order valence-electron chi connectivity index (χ0n) is 21.6. The largest absolute Gasteiger partial charge is 0.493 e. The summed E-state index contributed by atoms with van der Waals surface area (Å²) in [5.74, 6) is -0.460. The Morgan fingerprint density at radius 1 is 1.23 bits per heavy atom. The molecule has 1 atom stereocenters. The molecule has 0 bridgehead atoms. The van der Waals surface area contributed by atoms with E-state index in [2.05, 4.69) is 25.8 Å². The number of H-pyrrole nitrogens is 1. The third kappa shape index (κ3) is 7.21. The summed E-state index contributed by atoms with van der Waals surface area (Å²) >= 11 is 0. The molecule has 4 rings (SSSR count). The lowest BCUT2D eigenvalue weighted by Gasteiger charge is -2.33. The van der Waals surface area contributed by atoms with E-state index in [1.807, 2.05) is 0 Å². The smallest absolute Gasteiger partial charge is 0.223 e. The van der Waals surface area contributed by atoms with E-state index in [4.69, 9.17) is 15.2 Å². The number of ether oxygens (including phenoxy) is 2. The van der Waals surface area contributed by atoms with E-state index in [0.29, 0.717) is 60.4 Å². The van der Waals surface area contributed by atoms with Gasteiger partial charge in [0.05, 0.1) is 44.3 Å². The number of aliphatic hydroxyl groups excluding tert-OH is 1. The van der Waals surface area contributed by atoms with Crippen LogP contribution in [0.3, 0.4) is 0 Å². The Kier molecular flexibility index (Phi) is 8.94. The highest BCUT2D eigenvalue weighted by atomic mass is 19.1. The predicted molar refractivity (Wildman–Crippen MR) is 143 cm³/mol. The maximum Gasteiger partial charge on any atom is 0.223 e. The van der Waals surface area contributed by atoms with Crippen molar-refractivity contribution in [2.24, 2.45) is 10.7 Å². The van der Waals surface area contributed by atoms with Gasteiger partial charge in [-0.2, -0.15) is 5.10 Å². The van der Waals surface area contributed by atoms with Crippen molar-refractivity contribution in [3.8, 4) is 11.5 Å². The lowest BCUT2D eigenvalue weighted by Crippen LogP contribution is -2.40. The summed E-state index contributed by atoms with van der Waals surface area (Å²) < 4.78 is 39.8. The number of aliphatic hydroxyl groups is 1. The second-order valence-electron chi connectivity index (χ2n) is 9.02. The van der Waals surface area contributed by atoms with Crippen LogP contribution in [0.5, 0.6) is 11.5 Å². The van der Waals surface area contributed by atoms with Crippen LogP contribution in [0, 0.1) is 11.6 Å². The second-order valence-corrected chi connectivity index (χ2v) is 9.02. The van der Waals surface area contributed by atoms with Gasteiger partial charge in [0.2, 0.25) is 5.91 Å². The van der Waals surface area contributed by atoms with Gasteiger partial charge in [0.15, 0.2) is 17.3 Å². The summed E-state index contributed by atoms with van der Waals surface area (Å²) in [6, 6.07) is 8.27. The van der Waals surface area contributed by atoms with Gasteiger partial charge in [0, 0.05) is 36.0 Å². The Hall–Kier alpha value is -4.23. The molecule has 0 fully saturated rings. The molecular weight excluding hydrogens is 512 g/mol. The van der Waals surface area contributed by atoms with Gasteiger partial charge in [0.1, 0.15) is 17.5 Å². The number of anilines is 2. The van der Waals surface area contributed by atoms with Gasteiger partial charge in [-0.25, -0.2) is 13.8 Å². The molecule has 6 N–H and O–H groups in total. The number of carbonyl (C=O) groups excluding carboxylic acids is 1. The molecule has 2 aromatic carbocycles. The number of aliphatic imine (C=N–C) groups is 1. The fourth-order valence-corrected chi connectivity index (χ4v) is 4.06. The number of hydrogen-bond acceptors (Lipinski definition) is 8. The quantitative estimate of drug-likeness (QED) is 0.219. The van der Waals surface area contributed by atoms with E-state index >= 15 is 0 Å².